The van der Waals surface area contributed by atoms with Crippen LogP contribution in [0.1, 0.15) is 25.7 Å². The number of carboxylic acids is 2. The number of hydrogen-bond donors (Lipinski definition) is 7. The van der Waals surface area contributed by atoms with Crippen LogP contribution in [0.5, 0.6) is 0 Å². The highest BCUT2D eigenvalue weighted by Crippen LogP contribution is 2.29. The fourth-order valence-electron chi connectivity index (χ4n) is 2.28. The van der Waals surface area contributed by atoms with Crippen molar-refractivity contribution in [1.29, 1.82) is 0 Å². The minimum absolute atomic E-state index is 0.389. The molecule has 1 aliphatic rings. The summed E-state index contributed by atoms with van der Waals surface area (Å²) in [5.74, 6) is -3.88. The van der Waals surface area contributed by atoms with Gasteiger partial charge in [-0.2, -0.15) is 0 Å². The van der Waals surface area contributed by atoms with Gasteiger partial charge in [0.2, 0.25) is 0 Å². The molecule has 0 radical (unpaired) electrons. The van der Waals surface area contributed by atoms with Gasteiger partial charge < -0.3 is 36.0 Å². The Morgan fingerprint density at radius 1 is 1.09 bits per heavy atom. The second-order valence-corrected chi connectivity index (χ2v) is 5.36. The molecule has 0 spiro atoms. The molecule has 22 heavy (non-hydrogen) atoms. The van der Waals surface area contributed by atoms with E-state index in [0.717, 1.165) is 0 Å². The molecule has 0 bridgehead atoms. The summed E-state index contributed by atoms with van der Waals surface area (Å²) >= 11 is 0. The molecule has 10 nitrogen and oxygen atoms in total. The molecule has 126 valence electrons. The lowest BCUT2D eigenvalue weighted by atomic mass is 9.79. The zero-order chi connectivity index (χ0) is 17.1. The fourth-order valence-corrected chi connectivity index (χ4v) is 2.28. The predicted molar refractivity (Wildman–Crippen MR) is 68.6 cm³/mol. The largest absolute Gasteiger partial charge is 0.481 e. The summed E-state index contributed by atoms with van der Waals surface area (Å²) in [4.78, 5) is 33.4. The lowest BCUT2D eigenvalue weighted by molar-refractivity contribution is -0.174. The Bertz CT molecular complexity index is 440. The fraction of sp³-hybridized carbons (Fsp3) is 0.750. The van der Waals surface area contributed by atoms with E-state index in [-0.39, 0.29) is 6.42 Å². The maximum atomic E-state index is 12.0. The van der Waals surface area contributed by atoms with E-state index in [0.29, 0.717) is 0 Å². The molecule has 0 aromatic rings. The number of amides is 1. The molecule has 1 saturated carbocycles. The molecule has 0 aromatic heterocycles. The van der Waals surface area contributed by atoms with Crippen LogP contribution in [-0.2, 0) is 14.4 Å². The normalized spacial score (nSPS) is 33.0. The van der Waals surface area contributed by atoms with Crippen LogP contribution in [0.2, 0.25) is 0 Å². The van der Waals surface area contributed by atoms with Crippen LogP contribution < -0.4 is 5.32 Å². The van der Waals surface area contributed by atoms with Gasteiger partial charge in [-0.25, -0.2) is 4.79 Å². The zero-order valence-corrected chi connectivity index (χ0v) is 11.5. The third kappa shape index (κ3) is 4.37. The molecule has 0 aliphatic heterocycles. The first kappa shape index (κ1) is 18.3. The molecule has 0 unspecified atom stereocenters. The van der Waals surface area contributed by atoms with E-state index in [2.05, 4.69) is 0 Å². The molecule has 0 heterocycles. The lowest BCUT2D eigenvalue weighted by Gasteiger charge is -2.39. The van der Waals surface area contributed by atoms with E-state index in [1.165, 1.54) is 0 Å². The molecule has 1 rings (SSSR count). The molecule has 7 N–H and O–H groups in total. The summed E-state index contributed by atoms with van der Waals surface area (Å²) in [6, 6.07) is -1.53. The lowest BCUT2D eigenvalue weighted by Crippen LogP contribution is -2.60. The monoisotopic (exact) mass is 321 g/mol. The third-order valence-corrected chi connectivity index (χ3v) is 3.56. The van der Waals surface area contributed by atoms with Crippen molar-refractivity contribution < 1.29 is 45.0 Å². The van der Waals surface area contributed by atoms with Crippen molar-refractivity contribution >= 4 is 17.8 Å². The van der Waals surface area contributed by atoms with E-state index in [4.69, 9.17) is 10.2 Å². The first-order chi connectivity index (χ1) is 10.1. The van der Waals surface area contributed by atoms with Crippen LogP contribution in [0, 0.1) is 0 Å². The van der Waals surface area contributed by atoms with Crippen molar-refractivity contribution in [2.24, 2.45) is 0 Å². The highest BCUT2D eigenvalue weighted by molar-refractivity contribution is 5.89. The average Bonchev–Trinajstić information content (AvgIpc) is 2.39. The highest BCUT2D eigenvalue weighted by Gasteiger charge is 2.48. The van der Waals surface area contributed by atoms with E-state index >= 15 is 0 Å². The number of rotatable bonds is 6. The van der Waals surface area contributed by atoms with Crippen molar-refractivity contribution in [1.82, 2.24) is 5.32 Å². The molecule has 0 saturated heterocycles. The van der Waals surface area contributed by atoms with Gasteiger partial charge in [0.05, 0.1) is 12.2 Å². The van der Waals surface area contributed by atoms with Crippen LogP contribution in [0.4, 0.5) is 0 Å². The molecule has 3 atom stereocenters. The first-order valence-electron chi connectivity index (χ1n) is 6.59. The van der Waals surface area contributed by atoms with Crippen molar-refractivity contribution in [3.05, 3.63) is 0 Å². The van der Waals surface area contributed by atoms with E-state index in [1.54, 1.807) is 0 Å². The maximum absolute atomic E-state index is 12.0. The number of aliphatic hydroxyl groups is 4. The van der Waals surface area contributed by atoms with E-state index < -0.39 is 67.1 Å². The third-order valence-electron chi connectivity index (χ3n) is 3.56. The quantitative estimate of drug-likeness (QED) is 0.268. The molecule has 1 aliphatic carbocycles. The zero-order valence-electron chi connectivity index (χ0n) is 11.5. The van der Waals surface area contributed by atoms with Crippen LogP contribution in [0.3, 0.4) is 0 Å². The van der Waals surface area contributed by atoms with Crippen molar-refractivity contribution in [2.75, 3.05) is 0 Å². The average molecular weight is 321 g/mol. The Labute approximate surface area is 125 Å². The van der Waals surface area contributed by atoms with Gasteiger partial charge in [0.1, 0.15) is 17.7 Å². The minimum Gasteiger partial charge on any atom is -0.481 e. The summed E-state index contributed by atoms with van der Waals surface area (Å²) in [7, 11) is 0. The van der Waals surface area contributed by atoms with Gasteiger partial charge in [-0.3, -0.25) is 9.59 Å². The first-order valence-corrected chi connectivity index (χ1v) is 6.59. The van der Waals surface area contributed by atoms with Crippen LogP contribution in [0.15, 0.2) is 0 Å². The number of carboxylic acid groups (broad SMARTS) is 2. The second kappa shape index (κ2) is 7.01. The number of carbonyl (C=O) groups excluding carboxylic acids is 1. The van der Waals surface area contributed by atoms with Crippen LogP contribution in [-0.4, -0.2) is 78.4 Å². The summed E-state index contributed by atoms with van der Waals surface area (Å²) in [5, 5.41) is 58.0. The predicted octanol–water partition coefficient (Wildman–Crippen LogP) is -2.97. The Kier molecular flexibility index (Phi) is 5.83. The van der Waals surface area contributed by atoms with Crippen molar-refractivity contribution in [2.45, 2.75) is 55.6 Å². The minimum atomic E-state index is -2.25. The summed E-state index contributed by atoms with van der Waals surface area (Å²) in [6.07, 6.45) is -6.68. The van der Waals surface area contributed by atoms with Gasteiger partial charge >= 0.3 is 11.9 Å². The van der Waals surface area contributed by atoms with E-state index in [9.17, 15) is 34.8 Å². The Hall–Kier alpha value is -1.75. The van der Waals surface area contributed by atoms with E-state index in [1.807, 2.05) is 5.32 Å². The standard InChI is InChI=1S/C12H19NO9/c14-6-3-12(22,4-7(15)9(6)18)11(21)13-5(10(19)20)1-2-8(16)17/h5-7,9,14-15,18,22H,1-4H2,(H,13,21)(H,16,17)(H,19,20)/t5-,6+,7+,9?,12?/m0/s1. The Balaban J connectivity index is 2.76. The number of aliphatic carboxylic acids is 2. The molecule has 1 amide bonds. The number of nitrogens with one attached hydrogen (secondary N) is 1. The van der Waals surface area contributed by atoms with Crippen LogP contribution >= 0.6 is 0 Å². The Morgan fingerprint density at radius 3 is 2.00 bits per heavy atom. The summed E-state index contributed by atoms with van der Waals surface area (Å²) in [6.45, 7) is 0. The second-order valence-electron chi connectivity index (χ2n) is 5.36. The molecular formula is C12H19NO9. The van der Waals surface area contributed by atoms with Gasteiger partial charge in [-0.15, -0.1) is 0 Å². The van der Waals surface area contributed by atoms with Gasteiger partial charge in [0.25, 0.3) is 5.91 Å². The molecule has 0 aromatic carbocycles. The smallest absolute Gasteiger partial charge is 0.326 e. The molecule has 1 fully saturated rings. The van der Waals surface area contributed by atoms with Gasteiger partial charge in [0.15, 0.2) is 0 Å². The van der Waals surface area contributed by atoms with Gasteiger partial charge in [0, 0.05) is 19.3 Å². The van der Waals surface area contributed by atoms with Crippen molar-refractivity contribution in [3.8, 4) is 0 Å². The maximum Gasteiger partial charge on any atom is 0.326 e. The SMILES string of the molecule is O=C(O)CC[C@H](NC(=O)C1(O)C[C@@H](O)C(O)[C@H](O)C1)C(=O)O. The summed E-state index contributed by atoms with van der Waals surface area (Å²) in [5.41, 5.74) is -2.25. The molecule has 10 heteroatoms. The number of carbonyl (C=O) groups is 3. The highest BCUT2D eigenvalue weighted by atomic mass is 16.4. The van der Waals surface area contributed by atoms with Gasteiger partial charge in [-0.05, 0) is 6.42 Å². The van der Waals surface area contributed by atoms with Gasteiger partial charge in [-0.1, -0.05) is 0 Å². The molecular weight excluding hydrogens is 302 g/mol. The number of aliphatic hydroxyl groups excluding tert-OH is 3. The topological polar surface area (TPSA) is 185 Å². The number of hydrogen-bond acceptors (Lipinski definition) is 7. The summed E-state index contributed by atoms with van der Waals surface area (Å²) < 4.78 is 0. The van der Waals surface area contributed by atoms with Crippen molar-refractivity contribution in [3.63, 3.8) is 0 Å². The van der Waals surface area contributed by atoms with Crippen LogP contribution in [0.25, 0.3) is 0 Å². The Morgan fingerprint density at radius 2 is 1.59 bits per heavy atom.